The summed E-state index contributed by atoms with van der Waals surface area (Å²) in [6.07, 6.45) is 3.59. The molecule has 26 heavy (non-hydrogen) atoms. The number of methoxy groups -OCH3 is 1. The van der Waals surface area contributed by atoms with Crippen LogP contribution in [-0.2, 0) is 4.79 Å². The first kappa shape index (κ1) is 18.4. The largest absolute Gasteiger partial charge is 0.497 e. The molecule has 2 aromatic rings. The highest BCUT2D eigenvalue weighted by Crippen LogP contribution is 2.25. The molecule has 1 saturated heterocycles. The topological polar surface area (TPSA) is 54.5 Å². The van der Waals surface area contributed by atoms with Gasteiger partial charge in [-0.15, -0.1) is 0 Å². The van der Waals surface area contributed by atoms with Gasteiger partial charge in [0.15, 0.2) is 0 Å². The van der Waals surface area contributed by atoms with Crippen molar-refractivity contribution in [3.63, 3.8) is 0 Å². The van der Waals surface area contributed by atoms with Crippen LogP contribution in [0.4, 0.5) is 0 Å². The first-order valence-corrected chi connectivity index (χ1v) is 9.29. The summed E-state index contributed by atoms with van der Waals surface area (Å²) in [5.74, 6) is 0.987. The zero-order valence-corrected chi connectivity index (χ0v) is 15.5. The summed E-state index contributed by atoms with van der Waals surface area (Å²) in [5, 5.41) is 3.23. The molecule has 1 N–H and O–H groups in total. The van der Waals surface area contributed by atoms with E-state index in [1.54, 1.807) is 13.3 Å². The number of hydrogen-bond donors (Lipinski definition) is 1. The number of carbonyl (C=O) groups excluding carboxylic acids is 1. The lowest BCUT2D eigenvalue weighted by molar-refractivity contribution is -0.127. The van der Waals surface area contributed by atoms with Crippen LogP contribution in [0.25, 0.3) is 0 Å². The van der Waals surface area contributed by atoms with Crippen molar-refractivity contribution in [2.75, 3.05) is 26.7 Å². The number of rotatable bonds is 6. The van der Waals surface area contributed by atoms with Crippen LogP contribution in [0.5, 0.6) is 5.75 Å². The molecule has 1 aliphatic rings. The molecule has 1 unspecified atom stereocenters. The molecule has 1 amide bonds. The summed E-state index contributed by atoms with van der Waals surface area (Å²) in [4.78, 5) is 19.8. The molecular formula is C21H27N3O2. The number of piperidine rings is 1. The highest BCUT2D eigenvalue weighted by atomic mass is 16.5. The second-order valence-electron chi connectivity index (χ2n) is 6.68. The number of aromatic nitrogens is 1. The maximum absolute atomic E-state index is 12.9. The third-order valence-electron chi connectivity index (χ3n) is 5.12. The summed E-state index contributed by atoms with van der Waals surface area (Å²) in [5.41, 5.74) is 1.85. The van der Waals surface area contributed by atoms with E-state index in [4.69, 9.17) is 4.74 Å². The molecule has 0 radical (unpaired) electrons. The summed E-state index contributed by atoms with van der Waals surface area (Å²) >= 11 is 0. The summed E-state index contributed by atoms with van der Waals surface area (Å²) in [6, 6.07) is 13.3. The number of hydrogen-bond acceptors (Lipinski definition) is 4. The van der Waals surface area contributed by atoms with Gasteiger partial charge < -0.3 is 15.0 Å². The second-order valence-corrected chi connectivity index (χ2v) is 6.68. The Hall–Kier alpha value is -2.40. The average Bonchev–Trinajstić information content (AvgIpc) is 2.72. The molecule has 3 rings (SSSR count). The molecule has 5 heteroatoms. The van der Waals surface area contributed by atoms with E-state index in [0.29, 0.717) is 0 Å². The maximum atomic E-state index is 12.9. The van der Waals surface area contributed by atoms with Gasteiger partial charge in [-0.05, 0) is 62.3 Å². The van der Waals surface area contributed by atoms with Gasteiger partial charge in [-0.2, -0.15) is 0 Å². The smallest absolute Gasteiger partial charge is 0.224 e. The third-order valence-corrected chi connectivity index (χ3v) is 5.12. The molecule has 2 heterocycles. The Balaban J connectivity index is 1.76. The van der Waals surface area contributed by atoms with Crippen molar-refractivity contribution in [1.82, 2.24) is 15.2 Å². The van der Waals surface area contributed by atoms with Crippen molar-refractivity contribution >= 4 is 5.91 Å². The summed E-state index contributed by atoms with van der Waals surface area (Å²) in [6.45, 7) is 5.20. The molecule has 0 aliphatic carbocycles. The summed E-state index contributed by atoms with van der Waals surface area (Å²) in [7, 11) is 1.65. The van der Waals surface area contributed by atoms with Gasteiger partial charge in [-0.25, -0.2) is 0 Å². The van der Waals surface area contributed by atoms with Crippen LogP contribution < -0.4 is 10.1 Å². The minimum atomic E-state index is -0.251. The van der Waals surface area contributed by atoms with Crippen molar-refractivity contribution in [3.8, 4) is 5.75 Å². The van der Waals surface area contributed by atoms with E-state index in [2.05, 4.69) is 22.1 Å². The normalized spacial score (nSPS) is 16.8. The number of benzene rings is 1. The lowest BCUT2D eigenvalue weighted by Crippen LogP contribution is -2.41. The Bertz CT molecular complexity index is 695. The Labute approximate surface area is 155 Å². The third kappa shape index (κ3) is 4.41. The number of amides is 1. The van der Waals surface area contributed by atoms with Gasteiger partial charge in [-0.1, -0.05) is 25.1 Å². The highest BCUT2D eigenvalue weighted by molar-refractivity contribution is 5.79. The van der Waals surface area contributed by atoms with Gasteiger partial charge in [0.2, 0.25) is 5.91 Å². The lowest BCUT2D eigenvalue weighted by atomic mass is 9.94. The van der Waals surface area contributed by atoms with Gasteiger partial charge in [-0.3, -0.25) is 9.78 Å². The molecule has 1 aromatic carbocycles. The van der Waals surface area contributed by atoms with E-state index in [0.717, 1.165) is 49.5 Å². The quantitative estimate of drug-likeness (QED) is 0.867. The molecule has 1 aromatic heterocycles. The molecule has 0 bridgehead atoms. The van der Waals surface area contributed by atoms with Crippen LogP contribution >= 0.6 is 0 Å². The van der Waals surface area contributed by atoms with Crippen molar-refractivity contribution < 1.29 is 9.53 Å². The van der Waals surface area contributed by atoms with Crippen LogP contribution in [0.15, 0.2) is 48.7 Å². The van der Waals surface area contributed by atoms with Gasteiger partial charge in [0, 0.05) is 12.1 Å². The van der Waals surface area contributed by atoms with E-state index in [9.17, 15) is 4.79 Å². The highest BCUT2D eigenvalue weighted by Gasteiger charge is 2.27. The number of carbonyl (C=O) groups is 1. The number of nitrogens with one attached hydrogen (secondary N) is 1. The molecule has 5 nitrogen and oxygen atoms in total. The van der Waals surface area contributed by atoms with E-state index >= 15 is 0 Å². The van der Waals surface area contributed by atoms with Gasteiger partial charge in [0.25, 0.3) is 0 Å². The average molecular weight is 353 g/mol. The van der Waals surface area contributed by atoms with Crippen molar-refractivity contribution in [3.05, 3.63) is 59.9 Å². The Kier molecular flexibility index (Phi) is 6.23. The second kappa shape index (κ2) is 8.81. The fourth-order valence-corrected chi connectivity index (χ4v) is 3.44. The first-order chi connectivity index (χ1) is 12.7. The monoisotopic (exact) mass is 353 g/mol. The number of nitrogens with zero attached hydrogens (tertiary/aromatic N) is 2. The number of ether oxygens (including phenoxy) is 1. The minimum Gasteiger partial charge on any atom is -0.497 e. The zero-order chi connectivity index (χ0) is 18.4. The van der Waals surface area contributed by atoms with Crippen molar-refractivity contribution in [1.29, 1.82) is 0 Å². The number of pyridine rings is 1. The molecule has 138 valence electrons. The van der Waals surface area contributed by atoms with Crippen LogP contribution in [0.2, 0.25) is 0 Å². The molecule has 0 saturated carbocycles. The van der Waals surface area contributed by atoms with Crippen LogP contribution in [-0.4, -0.2) is 42.5 Å². The Morgan fingerprint density at radius 2 is 1.96 bits per heavy atom. The van der Waals surface area contributed by atoms with Crippen LogP contribution in [0.1, 0.15) is 37.1 Å². The fourth-order valence-electron chi connectivity index (χ4n) is 3.44. The molecule has 1 fully saturated rings. The fraction of sp³-hybridized carbons (Fsp3) is 0.429. The molecule has 0 spiro atoms. The Morgan fingerprint density at radius 1 is 1.23 bits per heavy atom. The molecule has 1 aliphatic heterocycles. The SMILES string of the molecule is CCN1CCC(C(=O)NC(c2ccc(OC)cc2)c2ccccn2)CC1. The van der Waals surface area contributed by atoms with E-state index < -0.39 is 0 Å². The number of likely N-dealkylation sites (tertiary alicyclic amines) is 1. The molecular weight excluding hydrogens is 326 g/mol. The van der Waals surface area contributed by atoms with Gasteiger partial charge >= 0.3 is 0 Å². The maximum Gasteiger partial charge on any atom is 0.224 e. The summed E-state index contributed by atoms with van der Waals surface area (Å²) < 4.78 is 5.24. The lowest BCUT2D eigenvalue weighted by Gasteiger charge is -2.31. The zero-order valence-electron chi connectivity index (χ0n) is 15.5. The standard InChI is InChI=1S/C21H27N3O2/c1-3-24-14-11-17(12-15-24)21(25)23-20(19-6-4-5-13-22-19)16-7-9-18(26-2)10-8-16/h4-10,13,17,20H,3,11-12,14-15H2,1-2H3,(H,23,25). The molecule has 1 atom stereocenters. The predicted molar refractivity (Wildman–Crippen MR) is 102 cm³/mol. The van der Waals surface area contributed by atoms with E-state index in [1.165, 1.54) is 0 Å². The van der Waals surface area contributed by atoms with Crippen molar-refractivity contribution in [2.45, 2.75) is 25.8 Å². The van der Waals surface area contributed by atoms with Crippen LogP contribution in [0.3, 0.4) is 0 Å². The van der Waals surface area contributed by atoms with Gasteiger partial charge in [0.05, 0.1) is 18.8 Å². The van der Waals surface area contributed by atoms with E-state index in [1.807, 2.05) is 42.5 Å². The van der Waals surface area contributed by atoms with Crippen LogP contribution in [0, 0.1) is 5.92 Å². The Morgan fingerprint density at radius 3 is 2.54 bits per heavy atom. The van der Waals surface area contributed by atoms with Gasteiger partial charge in [0.1, 0.15) is 5.75 Å². The van der Waals surface area contributed by atoms with Crippen molar-refractivity contribution in [2.24, 2.45) is 5.92 Å². The van der Waals surface area contributed by atoms with E-state index in [-0.39, 0.29) is 17.9 Å². The predicted octanol–water partition coefficient (Wildman–Crippen LogP) is 3.03. The minimum absolute atomic E-state index is 0.0715. The first-order valence-electron chi connectivity index (χ1n) is 9.29.